The van der Waals surface area contributed by atoms with E-state index in [-0.39, 0.29) is 17.4 Å². The number of anilines is 1. The van der Waals surface area contributed by atoms with Gasteiger partial charge in [0.1, 0.15) is 0 Å². The molecule has 0 bridgehead atoms. The normalized spacial score (nSPS) is 11.9. The van der Waals surface area contributed by atoms with Crippen LogP contribution in [0, 0.1) is 0 Å². The minimum absolute atomic E-state index is 0.00965. The van der Waals surface area contributed by atoms with Crippen molar-refractivity contribution in [3.05, 3.63) is 89.5 Å². The SMILES string of the molecule is COc1nc(-c2ccc(C(F)(F)F)cc2)n(-c2ccc(NC(=O)c3ccc(C(F)(F)F)cc3)cc2)n1. The van der Waals surface area contributed by atoms with Crippen molar-refractivity contribution in [3.8, 4) is 23.1 Å². The number of carbonyl (C=O) groups excluding carboxylic acids is 1. The van der Waals surface area contributed by atoms with Crippen LogP contribution in [-0.4, -0.2) is 27.8 Å². The molecule has 0 aliphatic rings. The van der Waals surface area contributed by atoms with Gasteiger partial charge < -0.3 is 10.1 Å². The number of methoxy groups -OCH3 is 1. The summed E-state index contributed by atoms with van der Waals surface area (Å²) < 4.78 is 83.2. The van der Waals surface area contributed by atoms with E-state index in [9.17, 15) is 31.1 Å². The van der Waals surface area contributed by atoms with Crippen LogP contribution in [0.2, 0.25) is 0 Å². The summed E-state index contributed by atoms with van der Waals surface area (Å²) in [5, 5.41) is 6.78. The number of nitrogens with one attached hydrogen (secondary N) is 1. The first-order valence-electron chi connectivity index (χ1n) is 10.2. The molecule has 4 rings (SSSR count). The van der Waals surface area contributed by atoms with Crippen LogP contribution in [-0.2, 0) is 12.4 Å². The minimum atomic E-state index is -4.51. The average Bonchev–Trinajstić information content (AvgIpc) is 3.28. The van der Waals surface area contributed by atoms with Crippen molar-refractivity contribution in [1.82, 2.24) is 14.8 Å². The highest BCUT2D eigenvalue weighted by Gasteiger charge is 2.31. The summed E-state index contributed by atoms with van der Waals surface area (Å²) >= 11 is 0. The molecule has 1 amide bonds. The topological polar surface area (TPSA) is 69.0 Å². The number of amides is 1. The fourth-order valence-electron chi connectivity index (χ4n) is 3.25. The van der Waals surface area contributed by atoms with Gasteiger partial charge in [0.25, 0.3) is 5.91 Å². The molecule has 4 aromatic rings. The van der Waals surface area contributed by atoms with Gasteiger partial charge in [-0.05, 0) is 60.7 Å². The molecular weight excluding hydrogens is 490 g/mol. The number of rotatable bonds is 5. The van der Waals surface area contributed by atoms with Crippen LogP contribution < -0.4 is 10.1 Å². The van der Waals surface area contributed by atoms with Gasteiger partial charge in [-0.25, -0.2) is 4.68 Å². The van der Waals surface area contributed by atoms with Crippen molar-refractivity contribution in [2.24, 2.45) is 0 Å². The highest BCUT2D eigenvalue weighted by atomic mass is 19.4. The van der Waals surface area contributed by atoms with E-state index in [1.165, 1.54) is 36.1 Å². The summed E-state index contributed by atoms with van der Waals surface area (Å²) in [7, 11) is 1.34. The Morgan fingerprint density at radius 2 is 1.33 bits per heavy atom. The van der Waals surface area contributed by atoms with Gasteiger partial charge >= 0.3 is 18.4 Å². The third kappa shape index (κ3) is 5.32. The molecule has 0 fully saturated rings. The van der Waals surface area contributed by atoms with Crippen molar-refractivity contribution in [1.29, 1.82) is 0 Å². The molecular formula is C24H16F6N4O2. The maximum Gasteiger partial charge on any atom is 0.416 e. The Hall–Kier alpha value is -4.35. The summed E-state index contributed by atoms with van der Waals surface area (Å²) in [6.07, 6.45) is -8.99. The lowest BCUT2D eigenvalue weighted by molar-refractivity contribution is -0.138. The quantitative estimate of drug-likeness (QED) is 0.326. The third-order valence-electron chi connectivity index (χ3n) is 5.08. The van der Waals surface area contributed by atoms with E-state index in [1.54, 1.807) is 12.1 Å². The molecule has 36 heavy (non-hydrogen) atoms. The largest absolute Gasteiger partial charge is 0.466 e. The lowest BCUT2D eigenvalue weighted by Crippen LogP contribution is -2.13. The third-order valence-corrected chi connectivity index (χ3v) is 5.08. The smallest absolute Gasteiger partial charge is 0.416 e. The highest BCUT2D eigenvalue weighted by molar-refractivity contribution is 6.04. The van der Waals surface area contributed by atoms with Crippen LogP contribution in [0.4, 0.5) is 32.0 Å². The number of nitrogens with zero attached hydrogens (tertiary/aromatic N) is 3. The van der Waals surface area contributed by atoms with Crippen molar-refractivity contribution in [2.45, 2.75) is 12.4 Å². The summed E-state index contributed by atoms with van der Waals surface area (Å²) in [5.41, 5.74) is -0.455. The zero-order chi connectivity index (χ0) is 26.1. The monoisotopic (exact) mass is 506 g/mol. The summed E-state index contributed by atoms with van der Waals surface area (Å²) in [4.78, 5) is 16.6. The molecule has 1 N–H and O–H groups in total. The Bertz CT molecular complexity index is 1360. The van der Waals surface area contributed by atoms with Crippen molar-refractivity contribution in [3.63, 3.8) is 0 Å². The lowest BCUT2D eigenvalue weighted by Gasteiger charge is -2.10. The van der Waals surface area contributed by atoms with Gasteiger partial charge in [0.2, 0.25) is 0 Å². The molecule has 0 unspecified atom stereocenters. The molecule has 1 aromatic heterocycles. The van der Waals surface area contributed by atoms with Crippen LogP contribution in [0.15, 0.2) is 72.8 Å². The molecule has 0 atom stereocenters. The number of ether oxygens (including phenoxy) is 1. The van der Waals surface area contributed by atoms with E-state index in [2.05, 4.69) is 15.4 Å². The Kier molecular flexibility index (Phi) is 6.44. The van der Waals surface area contributed by atoms with Gasteiger partial charge in [0.15, 0.2) is 5.82 Å². The number of alkyl halides is 6. The van der Waals surface area contributed by atoms with E-state index in [1.807, 2.05) is 0 Å². The molecule has 12 heteroatoms. The fourth-order valence-corrected chi connectivity index (χ4v) is 3.25. The van der Waals surface area contributed by atoms with Crippen molar-refractivity contribution >= 4 is 11.6 Å². The van der Waals surface area contributed by atoms with Gasteiger partial charge in [-0.3, -0.25) is 4.79 Å². The molecule has 3 aromatic carbocycles. The van der Waals surface area contributed by atoms with E-state index in [0.717, 1.165) is 36.4 Å². The molecule has 0 saturated carbocycles. The molecule has 1 heterocycles. The van der Waals surface area contributed by atoms with Gasteiger partial charge in [-0.15, -0.1) is 5.10 Å². The second kappa shape index (κ2) is 9.36. The van der Waals surface area contributed by atoms with Gasteiger partial charge in [-0.2, -0.15) is 31.3 Å². The van der Waals surface area contributed by atoms with Crippen LogP contribution in [0.5, 0.6) is 6.01 Å². The summed E-state index contributed by atoms with van der Waals surface area (Å²) in [6.45, 7) is 0. The Morgan fingerprint density at radius 1 is 0.806 bits per heavy atom. The molecule has 186 valence electrons. The Balaban J connectivity index is 1.55. The Morgan fingerprint density at radius 3 is 1.83 bits per heavy atom. The van der Waals surface area contributed by atoms with Gasteiger partial charge in [0.05, 0.1) is 23.9 Å². The molecule has 6 nitrogen and oxygen atoms in total. The number of carbonyl (C=O) groups is 1. The molecule has 0 aliphatic heterocycles. The molecule has 0 aliphatic carbocycles. The average molecular weight is 506 g/mol. The number of aromatic nitrogens is 3. The van der Waals surface area contributed by atoms with E-state index < -0.39 is 29.4 Å². The number of hydrogen-bond donors (Lipinski definition) is 1. The number of benzene rings is 3. The summed E-state index contributed by atoms with van der Waals surface area (Å²) in [6, 6.07) is 14.4. The highest BCUT2D eigenvalue weighted by Crippen LogP contribution is 2.32. The maximum absolute atomic E-state index is 12.9. The first-order chi connectivity index (χ1) is 17.0. The van der Waals surface area contributed by atoms with E-state index in [0.29, 0.717) is 16.9 Å². The second-order valence-corrected chi connectivity index (χ2v) is 7.49. The van der Waals surface area contributed by atoms with E-state index in [4.69, 9.17) is 4.74 Å². The van der Waals surface area contributed by atoms with Crippen LogP contribution in [0.3, 0.4) is 0 Å². The first kappa shape index (κ1) is 24.8. The van der Waals surface area contributed by atoms with Crippen LogP contribution in [0.1, 0.15) is 21.5 Å². The Labute approximate surface area is 200 Å². The first-order valence-corrected chi connectivity index (χ1v) is 10.2. The zero-order valence-electron chi connectivity index (χ0n) is 18.4. The van der Waals surface area contributed by atoms with Gasteiger partial charge in [0, 0.05) is 16.8 Å². The minimum Gasteiger partial charge on any atom is -0.466 e. The standard InChI is InChI=1S/C24H16F6N4O2/c1-36-22-32-20(14-2-6-16(7-3-14)23(25,26)27)34(33-22)19-12-10-18(11-13-19)31-21(35)15-4-8-17(9-5-15)24(28,29)30/h2-13H,1H3,(H,31,35). The van der Waals surface area contributed by atoms with Crippen molar-refractivity contribution < 1.29 is 35.9 Å². The number of hydrogen-bond acceptors (Lipinski definition) is 4. The second-order valence-electron chi connectivity index (χ2n) is 7.49. The molecule has 0 spiro atoms. The summed E-state index contributed by atoms with van der Waals surface area (Å²) in [5.74, 6) is -0.383. The lowest BCUT2D eigenvalue weighted by atomic mass is 10.1. The number of halogens is 6. The van der Waals surface area contributed by atoms with Crippen LogP contribution >= 0.6 is 0 Å². The fraction of sp³-hybridized carbons (Fsp3) is 0.125. The maximum atomic E-state index is 12.9. The molecule has 0 radical (unpaired) electrons. The predicted octanol–water partition coefficient (Wildman–Crippen LogP) is 6.23. The molecule has 0 saturated heterocycles. The van der Waals surface area contributed by atoms with Crippen LogP contribution in [0.25, 0.3) is 17.1 Å². The predicted molar refractivity (Wildman–Crippen MR) is 118 cm³/mol. The van der Waals surface area contributed by atoms with Gasteiger partial charge in [-0.1, -0.05) is 12.1 Å². The zero-order valence-corrected chi connectivity index (χ0v) is 18.4. The van der Waals surface area contributed by atoms with E-state index >= 15 is 0 Å². The van der Waals surface area contributed by atoms with Crippen molar-refractivity contribution in [2.75, 3.05) is 12.4 Å².